The highest BCUT2D eigenvalue weighted by Crippen LogP contribution is 2.38. The minimum atomic E-state index is -2.36. The lowest BCUT2D eigenvalue weighted by Crippen LogP contribution is -2.19. The lowest BCUT2D eigenvalue weighted by Gasteiger charge is -2.11. The molecule has 0 aliphatic carbocycles. The van der Waals surface area contributed by atoms with Crippen molar-refractivity contribution in [3.63, 3.8) is 0 Å². The van der Waals surface area contributed by atoms with Crippen molar-refractivity contribution in [3.8, 4) is 28.4 Å². The van der Waals surface area contributed by atoms with Gasteiger partial charge in [-0.25, -0.2) is 18.0 Å². The van der Waals surface area contributed by atoms with Gasteiger partial charge >= 0.3 is 5.97 Å². The maximum absolute atomic E-state index is 13.8. The van der Waals surface area contributed by atoms with Gasteiger partial charge in [-0.2, -0.15) is 8.78 Å². The van der Waals surface area contributed by atoms with Crippen LogP contribution >= 0.6 is 0 Å². The van der Waals surface area contributed by atoms with Gasteiger partial charge in [0.25, 0.3) is 0 Å². The zero-order valence-corrected chi connectivity index (χ0v) is 20.6. The molecular formula is C30H17F5O5. The van der Waals surface area contributed by atoms with Crippen LogP contribution in [0.4, 0.5) is 22.0 Å². The van der Waals surface area contributed by atoms with Gasteiger partial charge in [-0.05, 0) is 41.3 Å². The molecule has 0 atom stereocenters. The number of hydrogen-bond donors (Lipinski definition) is 0. The SMILES string of the molecule is Cc1cc(OC(=O)COc2c(F)c(F)c(F)c(F)c2F)cc2c1C(=O)/C(=C/c1ccc(-c3ccccc3)cc1)O2. The fourth-order valence-electron chi connectivity index (χ4n) is 4.09. The number of Topliss-reactive ketones (excluding diaryl/α,β-unsaturated/α-hetero) is 1. The summed E-state index contributed by atoms with van der Waals surface area (Å²) in [5, 5.41) is 0. The lowest BCUT2D eigenvalue weighted by atomic mass is 10.0. The molecule has 4 aromatic rings. The average Bonchev–Trinajstić information content (AvgIpc) is 3.26. The van der Waals surface area contributed by atoms with E-state index in [2.05, 4.69) is 4.74 Å². The van der Waals surface area contributed by atoms with Crippen LogP contribution in [-0.2, 0) is 4.79 Å². The summed E-state index contributed by atoms with van der Waals surface area (Å²) in [5.41, 5.74) is 3.41. The third-order valence-corrected chi connectivity index (χ3v) is 5.99. The molecule has 10 heteroatoms. The summed E-state index contributed by atoms with van der Waals surface area (Å²) in [6, 6.07) is 19.8. The zero-order valence-electron chi connectivity index (χ0n) is 20.6. The highest BCUT2D eigenvalue weighted by Gasteiger charge is 2.31. The van der Waals surface area contributed by atoms with Crippen molar-refractivity contribution in [1.82, 2.24) is 0 Å². The van der Waals surface area contributed by atoms with E-state index in [9.17, 15) is 31.5 Å². The molecule has 0 unspecified atom stereocenters. The molecule has 0 saturated carbocycles. The Labute approximate surface area is 224 Å². The van der Waals surface area contributed by atoms with Gasteiger partial charge in [0.1, 0.15) is 11.5 Å². The molecule has 0 aromatic heterocycles. The summed E-state index contributed by atoms with van der Waals surface area (Å²) in [6.07, 6.45) is 1.57. The van der Waals surface area contributed by atoms with Gasteiger partial charge in [-0.3, -0.25) is 4.79 Å². The number of hydrogen-bond acceptors (Lipinski definition) is 5. The molecule has 5 nitrogen and oxygen atoms in total. The molecule has 1 heterocycles. The third-order valence-electron chi connectivity index (χ3n) is 5.99. The predicted molar refractivity (Wildman–Crippen MR) is 133 cm³/mol. The van der Waals surface area contributed by atoms with Crippen LogP contribution in [0.15, 0.2) is 72.5 Å². The molecule has 0 spiro atoms. The van der Waals surface area contributed by atoms with Crippen LogP contribution in [-0.4, -0.2) is 18.4 Å². The van der Waals surface area contributed by atoms with Gasteiger partial charge in [0.05, 0.1) is 5.56 Å². The van der Waals surface area contributed by atoms with Crippen molar-refractivity contribution >= 4 is 17.8 Å². The second kappa shape index (κ2) is 10.6. The Kier molecular flexibility index (Phi) is 7.08. The molecule has 4 aromatic carbocycles. The summed E-state index contributed by atoms with van der Waals surface area (Å²) in [7, 11) is 0. The molecule has 1 aliphatic heterocycles. The monoisotopic (exact) mass is 552 g/mol. The normalized spacial score (nSPS) is 13.2. The highest BCUT2D eigenvalue weighted by molar-refractivity contribution is 6.15. The fraction of sp³-hybridized carbons (Fsp3) is 0.0667. The number of aryl methyl sites for hydroxylation is 1. The Bertz CT molecular complexity index is 1650. The van der Waals surface area contributed by atoms with E-state index in [0.717, 1.165) is 11.1 Å². The van der Waals surface area contributed by atoms with E-state index in [1.165, 1.54) is 12.1 Å². The number of carbonyl (C=O) groups is 2. The molecule has 0 fully saturated rings. The smallest absolute Gasteiger partial charge is 0.349 e. The number of ketones is 1. The number of carbonyl (C=O) groups excluding carboxylic acids is 2. The van der Waals surface area contributed by atoms with Crippen LogP contribution in [0.1, 0.15) is 21.5 Å². The summed E-state index contributed by atoms with van der Waals surface area (Å²) in [5.74, 6) is -14.4. The number of halogens is 5. The fourth-order valence-corrected chi connectivity index (χ4v) is 4.09. The Hall–Kier alpha value is -4.99. The number of ether oxygens (including phenoxy) is 3. The van der Waals surface area contributed by atoms with E-state index in [1.54, 1.807) is 13.0 Å². The first kappa shape index (κ1) is 26.6. The third kappa shape index (κ3) is 5.03. The van der Waals surface area contributed by atoms with E-state index in [0.29, 0.717) is 11.1 Å². The molecule has 0 amide bonds. The standard InChI is InChI=1S/C30H17F5O5/c1-15-11-19(39-22(36)14-38-30-27(34)25(32)24(31)26(33)28(30)35)13-20-23(15)29(37)21(40-20)12-16-7-9-18(10-8-16)17-5-3-2-4-6-17/h2-13H,14H2,1H3/b21-12-. The Morgan fingerprint density at radius 3 is 2.08 bits per heavy atom. The number of allylic oxidation sites excluding steroid dienone is 1. The largest absolute Gasteiger partial charge is 0.476 e. The second-order valence-corrected chi connectivity index (χ2v) is 8.70. The molecule has 0 N–H and O–H groups in total. The van der Waals surface area contributed by atoms with E-state index in [-0.39, 0.29) is 28.6 Å². The average molecular weight is 552 g/mol. The Morgan fingerprint density at radius 2 is 1.43 bits per heavy atom. The van der Waals surface area contributed by atoms with E-state index in [4.69, 9.17) is 9.47 Å². The van der Waals surface area contributed by atoms with Crippen LogP contribution in [0.3, 0.4) is 0 Å². The summed E-state index contributed by atoms with van der Waals surface area (Å²) >= 11 is 0. The van der Waals surface area contributed by atoms with Crippen LogP contribution in [0.25, 0.3) is 17.2 Å². The molecule has 0 radical (unpaired) electrons. The number of esters is 1. The molecule has 40 heavy (non-hydrogen) atoms. The predicted octanol–water partition coefficient (Wildman–Crippen LogP) is 6.96. The molecular weight excluding hydrogens is 535 g/mol. The van der Waals surface area contributed by atoms with Gasteiger partial charge in [0, 0.05) is 6.07 Å². The summed E-state index contributed by atoms with van der Waals surface area (Å²) in [6.45, 7) is 0.415. The van der Waals surface area contributed by atoms with Gasteiger partial charge in [-0.15, -0.1) is 0 Å². The molecule has 5 rings (SSSR count). The van der Waals surface area contributed by atoms with Crippen LogP contribution in [0.2, 0.25) is 0 Å². The first-order valence-electron chi connectivity index (χ1n) is 11.7. The minimum absolute atomic E-state index is 0.0451. The van der Waals surface area contributed by atoms with Crippen molar-refractivity contribution in [2.75, 3.05) is 6.61 Å². The van der Waals surface area contributed by atoms with E-state index < -0.39 is 47.4 Å². The minimum Gasteiger partial charge on any atom is -0.476 e. The molecule has 202 valence electrons. The Balaban J connectivity index is 1.29. The van der Waals surface area contributed by atoms with Gasteiger partial charge in [0.15, 0.2) is 18.1 Å². The maximum atomic E-state index is 13.8. The second-order valence-electron chi connectivity index (χ2n) is 8.70. The molecule has 0 bridgehead atoms. The molecule has 0 saturated heterocycles. The number of benzene rings is 4. The van der Waals surface area contributed by atoms with Gasteiger partial charge in [0.2, 0.25) is 34.9 Å². The number of rotatable bonds is 6. The topological polar surface area (TPSA) is 61.8 Å². The van der Waals surface area contributed by atoms with Crippen LogP contribution in [0.5, 0.6) is 17.2 Å². The lowest BCUT2D eigenvalue weighted by molar-refractivity contribution is -0.136. The first-order chi connectivity index (χ1) is 19.1. The van der Waals surface area contributed by atoms with E-state index >= 15 is 0 Å². The maximum Gasteiger partial charge on any atom is 0.349 e. The van der Waals surface area contributed by atoms with Crippen LogP contribution in [0, 0.1) is 36.0 Å². The highest BCUT2D eigenvalue weighted by atomic mass is 19.2. The van der Waals surface area contributed by atoms with Gasteiger partial charge in [-0.1, -0.05) is 54.6 Å². The Morgan fingerprint density at radius 1 is 0.825 bits per heavy atom. The summed E-state index contributed by atoms with van der Waals surface area (Å²) in [4.78, 5) is 25.1. The number of fused-ring (bicyclic) bond motifs is 1. The quantitative estimate of drug-likeness (QED) is 0.0647. The summed E-state index contributed by atoms with van der Waals surface area (Å²) < 4.78 is 82.6. The zero-order chi connectivity index (χ0) is 28.6. The molecule has 1 aliphatic rings. The van der Waals surface area contributed by atoms with Crippen molar-refractivity contribution in [3.05, 3.63) is 118 Å². The van der Waals surface area contributed by atoms with Crippen molar-refractivity contribution in [1.29, 1.82) is 0 Å². The van der Waals surface area contributed by atoms with E-state index in [1.807, 2.05) is 54.6 Å². The van der Waals surface area contributed by atoms with Crippen molar-refractivity contribution < 1.29 is 45.8 Å². The van der Waals surface area contributed by atoms with Gasteiger partial charge < -0.3 is 14.2 Å². The first-order valence-corrected chi connectivity index (χ1v) is 11.7. The van der Waals surface area contributed by atoms with Crippen LogP contribution < -0.4 is 14.2 Å². The van der Waals surface area contributed by atoms with Crippen molar-refractivity contribution in [2.45, 2.75) is 6.92 Å². The van der Waals surface area contributed by atoms with Crippen molar-refractivity contribution in [2.24, 2.45) is 0 Å².